The molecule has 4 heteroatoms. The summed E-state index contributed by atoms with van der Waals surface area (Å²) in [5.41, 5.74) is 0.704. The van der Waals surface area contributed by atoms with Gasteiger partial charge in [0.25, 0.3) is 0 Å². The van der Waals surface area contributed by atoms with Gasteiger partial charge in [-0.15, -0.1) is 0 Å². The summed E-state index contributed by atoms with van der Waals surface area (Å²) in [5, 5.41) is 0. The van der Waals surface area contributed by atoms with Crippen LogP contribution in [0.15, 0.2) is 42.7 Å². The van der Waals surface area contributed by atoms with Gasteiger partial charge in [0.1, 0.15) is 0 Å². The molecule has 17 heavy (non-hydrogen) atoms. The van der Waals surface area contributed by atoms with Crippen molar-refractivity contribution in [1.82, 2.24) is 4.57 Å². The zero-order chi connectivity index (χ0) is 12.5. The minimum absolute atomic E-state index is 0.456. The van der Waals surface area contributed by atoms with Gasteiger partial charge in [0.2, 0.25) is 0 Å². The van der Waals surface area contributed by atoms with Crippen molar-refractivity contribution >= 4 is 0 Å². The normalized spacial score (nSPS) is 11.8. The summed E-state index contributed by atoms with van der Waals surface area (Å²) in [6.07, 6.45) is -0.622. The van der Waals surface area contributed by atoms with E-state index in [4.69, 9.17) is 0 Å². The van der Waals surface area contributed by atoms with E-state index in [1.54, 1.807) is 13.0 Å². The third kappa shape index (κ3) is 2.90. The Morgan fingerprint density at radius 3 is 2.29 bits per heavy atom. The standard InChI is InChI=1S/C13H12F3N/c1-10-6-11(9-17-4-2-3-5-17)8-12(7-10)13(14,15)16/h2-8H,9H2,1H3. The molecule has 0 aliphatic heterocycles. The Morgan fingerprint density at radius 1 is 1.06 bits per heavy atom. The van der Waals surface area contributed by atoms with Crippen molar-refractivity contribution in [3.63, 3.8) is 0 Å². The highest BCUT2D eigenvalue weighted by atomic mass is 19.4. The summed E-state index contributed by atoms with van der Waals surface area (Å²) in [6.45, 7) is 2.13. The molecule has 1 aromatic heterocycles. The van der Waals surface area contributed by atoms with Crippen molar-refractivity contribution in [3.05, 3.63) is 59.4 Å². The monoisotopic (exact) mass is 239 g/mol. The Labute approximate surface area is 97.5 Å². The van der Waals surface area contributed by atoms with Gasteiger partial charge in [-0.05, 0) is 36.8 Å². The van der Waals surface area contributed by atoms with Gasteiger partial charge in [0.05, 0.1) is 5.56 Å². The summed E-state index contributed by atoms with van der Waals surface area (Å²) in [6, 6.07) is 7.84. The van der Waals surface area contributed by atoms with Gasteiger partial charge in [0.15, 0.2) is 0 Å². The van der Waals surface area contributed by atoms with Crippen LogP contribution in [0.25, 0.3) is 0 Å². The van der Waals surface area contributed by atoms with Crippen LogP contribution < -0.4 is 0 Å². The van der Waals surface area contributed by atoms with Gasteiger partial charge in [-0.2, -0.15) is 13.2 Å². The Kier molecular flexibility index (Phi) is 2.96. The maximum Gasteiger partial charge on any atom is 0.416 e. The molecule has 1 aromatic carbocycles. The molecule has 2 rings (SSSR count). The number of hydrogen-bond acceptors (Lipinski definition) is 0. The Morgan fingerprint density at radius 2 is 1.71 bits per heavy atom. The average molecular weight is 239 g/mol. The lowest BCUT2D eigenvalue weighted by Crippen LogP contribution is -2.07. The van der Waals surface area contributed by atoms with Crippen LogP contribution >= 0.6 is 0 Å². The quantitative estimate of drug-likeness (QED) is 0.749. The van der Waals surface area contributed by atoms with Crippen molar-refractivity contribution < 1.29 is 13.2 Å². The van der Waals surface area contributed by atoms with Crippen LogP contribution in [0.2, 0.25) is 0 Å². The van der Waals surface area contributed by atoms with Crippen LogP contribution in [0, 0.1) is 6.92 Å². The topological polar surface area (TPSA) is 4.93 Å². The van der Waals surface area contributed by atoms with Crippen molar-refractivity contribution in [2.24, 2.45) is 0 Å². The average Bonchev–Trinajstić information content (AvgIpc) is 2.68. The highest BCUT2D eigenvalue weighted by molar-refractivity contribution is 5.31. The molecule has 0 amide bonds. The van der Waals surface area contributed by atoms with E-state index in [-0.39, 0.29) is 0 Å². The van der Waals surface area contributed by atoms with E-state index in [0.29, 0.717) is 17.7 Å². The lowest BCUT2D eigenvalue weighted by Gasteiger charge is -2.11. The predicted molar refractivity (Wildman–Crippen MR) is 59.7 cm³/mol. The lowest BCUT2D eigenvalue weighted by molar-refractivity contribution is -0.137. The zero-order valence-corrected chi connectivity index (χ0v) is 9.33. The number of halogens is 3. The second-order valence-electron chi connectivity index (χ2n) is 4.06. The SMILES string of the molecule is Cc1cc(Cn2cccc2)cc(C(F)(F)F)c1. The fourth-order valence-electron chi connectivity index (χ4n) is 1.80. The first kappa shape index (κ1) is 11.8. The van der Waals surface area contributed by atoms with E-state index < -0.39 is 11.7 Å². The Balaban J connectivity index is 2.32. The van der Waals surface area contributed by atoms with Crippen LogP contribution in [0.4, 0.5) is 13.2 Å². The van der Waals surface area contributed by atoms with Crippen LogP contribution in [-0.2, 0) is 12.7 Å². The molecule has 0 fully saturated rings. The molecular formula is C13H12F3N. The van der Waals surface area contributed by atoms with Gasteiger partial charge >= 0.3 is 6.18 Å². The maximum atomic E-state index is 12.6. The second-order valence-corrected chi connectivity index (χ2v) is 4.06. The molecule has 0 spiro atoms. The zero-order valence-electron chi connectivity index (χ0n) is 9.33. The summed E-state index contributed by atoms with van der Waals surface area (Å²) >= 11 is 0. The minimum Gasteiger partial charge on any atom is -0.350 e. The van der Waals surface area contributed by atoms with E-state index in [1.165, 1.54) is 12.1 Å². The summed E-state index contributed by atoms with van der Waals surface area (Å²) < 4.78 is 39.7. The molecule has 0 aliphatic rings. The smallest absolute Gasteiger partial charge is 0.350 e. The summed E-state index contributed by atoms with van der Waals surface area (Å²) in [7, 11) is 0. The lowest BCUT2D eigenvalue weighted by atomic mass is 10.1. The van der Waals surface area contributed by atoms with E-state index in [2.05, 4.69) is 0 Å². The molecule has 0 bridgehead atoms. The molecule has 2 aromatic rings. The number of alkyl halides is 3. The Bertz CT molecular complexity index is 498. The molecule has 0 radical (unpaired) electrons. The van der Waals surface area contributed by atoms with Crippen LogP contribution in [0.3, 0.4) is 0 Å². The molecular weight excluding hydrogens is 227 g/mol. The molecule has 1 nitrogen and oxygen atoms in total. The van der Waals surface area contributed by atoms with E-state index in [9.17, 15) is 13.2 Å². The first-order valence-electron chi connectivity index (χ1n) is 5.24. The third-order valence-corrected chi connectivity index (χ3v) is 2.50. The van der Waals surface area contributed by atoms with Crippen LogP contribution in [-0.4, -0.2) is 4.57 Å². The minimum atomic E-state index is -4.28. The first-order chi connectivity index (χ1) is 7.95. The molecule has 90 valence electrons. The van der Waals surface area contributed by atoms with Gasteiger partial charge in [0, 0.05) is 18.9 Å². The van der Waals surface area contributed by atoms with Gasteiger partial charge in [-0.1, -0.05) is 11.6 Å². The number of aryl methyl sites for hydroxylation is 1. The molecule has 0 atom stereocenters. The van der Waals surface area contributed by atoms with Gasteiger partial charge in [-0.25, -0.2) is 0 Å². The van der Waals surface area contributed by atoms with E-state index >= 15 is 0 Å². The number of nitrogens with zero attached hydrogens (tertiary/aromatic N) is 1. The highest BCUT2D eigenvalue weighted by Crippen LogP contribution is 2.30. The number of benzene rings is 1. The largest absolute Gasteiger partial charge is 0.416 e. The molecule has 0 unspecified atom stereocenters. The van der Waals surface area contributed by atoms with Gasteiger partial charge < -0.3 is 4.57 Å². The third-order valence-electron chi connectivity index (χ3n) is 2.50. The fraction of sp³-hybridized carbons (Fsp3) is 0.231. The predicted octanol–water partition coefficient (Wildman–Crippen LogP) is 3.86. The number of aromatic nitrogens is 1. The summed E-state index contributed by atoms with van der Waals surface area (Å²) in [5.74, 6) is 0. The highest BCUT2D eigenvalue weighted by Gasteiger charge is 2.30. The molecule has 0 saturated heterocycles. The van der Waals surface area contributed by atoms with Crippen molar-refractivity contribution in [2.45, 2.75) is 19.6 Å². The van der Waals surface area contributed by atoms with Crippen molar-refractivity contribution in [1.29, 1.82) is 0 Å². The first-order valence-corrected chi connectivity index (χ1v) is 5.24. The van der Waals surface area contributed by atoms with Crippen molar-refractivity contribution in [3.8, 4) is 0 Å². The Hall–Kier alpha value is -1.71. The van der Waals surface area contributed by atoms with Crippen LogP contribution in [0.5, 0.6) is 0 Å². The van der Waals surface area contributed by atoms with E-state index in [0.717, 1.165) is 0 Å². The maximum absolute atomic E-state index is 12.6. The number of hydrogen-bond donors (Lipinski definition) is 0. The second kappa shape index (κ2) is 4.28. The fourth-order valence-corrected chi connectivity index (χ4v) is 1.80. The summed E-state index contributed by atoms with van der Waals surface area (Å²) in [4.78, 5) is 0. The molecule has 0 aliphatic carbocycles. The van der Waals surface area contributed by atoms with Gasteiger partial charge in [-0.3, -0.25) is 0 Å². The number of rotatable bonds is 2. The van der Waals surface area contributed by atoms with Crippen molar-refractivity contribution in [2.75, 3.05) is 0 Å². The molecule has 1 heterocycles. The van der Waals surface area contributed by atoms with E-state index in [1.807, 2.05) is 29.1 Å². The van der Waals surface area contributed by atoms with Crippen LogP contribution in [0.1, 0.15) is 16.7 Å². The molecule has 0 N–H and O–H groups in total. The molecule has 0 saturated carbocycles.